The Morgan fingerprint density at radius 3 is 2.00 bits per heavy atom. The summed E-state index contributed by atoms with van der Waals surface area (Å²) >= 11 is 3.05. The largest absolute Gasteiger partial charge is 0.207 e. The second-order valence-electron chi connectivity index (χ2n) is 4.17. The van der Waals surface area contributed by atoms with Crippen molar-refractivity contribution in [2.24, 2.45) is 0 Å². The maximum atomic E-state index is 13.8. The maximum absolute atomic E-state index is 13.8. The number of halogens is 5. The molecule has 0 fully saturated rings. The van der Waals surface area contributed by atoms with E-state index in [4.69, 9.17) is 0 Å². The summed E-state index contributed by atoms with van der Waals surface area (Å²) in [6.07, 6.45) is 0. The van der Waals surface area contributed by atoms with E-state index in [-0.39, 0.29) is 5.56 Å². The van der Waals surface area contributed by atoms with E-state index in [1.165, 1.54) is 12.1 Å². The minimum atomic E-state index is -1.06. The molecule has 0 saturated carbocycles. The van der Waals surface area contributed by atoms with Gasteiger partial charge in [-0.05, 0) is 18.6 Å². The minimum Gasteiger partial charge on any atom is -0.207 e. The molecular weight excluding hydrogens is 324 g/mol. The zero-order valence-corrected chi connectivity index (χ0v) is 11.4. The van der Waals surface area contributed by atoms with Crippen LogP contribution in [0, 0.1) is 30.2 Å². The summed E-state index contributed by atoms with van der Waals surface area (Å²) in [6.45, 7) is 1.70. The Bertz CT molecular complexity index is 602. The van der Waals surface area contributed by atoms with Crippen molar-refractivity contribution >= 4 is 15.9 Å². The van der Waals surface area contributed by atoms with E-state index in [0.29, 0.717) is 17.7 Å². The van der Waals surface area contributed by atoms with Gasteiger partial charge in [0.2, 0.25) is 0 Å². The molecule has 0 bridgehead atoms. The van der Waals surface area contributed by atoms with Crippen LogP contribution in [0.1, 0.15) is 21.5 Å². The van der Waals surface area contributed by atoms with Gasteiger partial charge in [0.25, 0.3) is 0 Å². The minimum absolute atomic E-state index is 0.0926. The van der Waals surface area contributed by atoms with Crippen LogP contribution in [0.5, 0.6) is 0 Å². The van der Waals surface area contributed by atoms with E-state index in [1.807, 2.05) is 0 Å². The molecule has 2 aromatic carbocycles. The number of aryl methyl sites for hydroxylation is 1. The van der Waals surface area contributed by atoms with Gasteiger partial charge in [-0.15, -0.1) is 0 Å². The lowest BCUT2D eigenvalue weighted by molar-refractivity contribution is 0.525. The van der Waals surface area contributed by atoms with E-state index >= 15 is 0 Å². The normalized spacial score (nSPS) is 12.5. The number of hydrogen-bond donors (Lipinski definition) is 0. The summed E-state index contributed by atoms with van der Waals surface area (Å²) in [7, 11) is 0. The van der Waals surface area contributed by atoms with Gasteiger partial charge in [0.05, 0.1) is 4.83 Å². The van der Waals surface area contributed by atoms with Gasteiger partial charge in [0.1, 0.15) is 23.3 Å². The van der Waals surface area contributed by atoms with Gasteiger partial charge in [-0.3, -0.25) is 0 Å². The highest BCUT2D eigenvalue weighted by Crippen LogP contribution is 2.36. The van der Waals surface area contributed by atoms with Crippen molar-refractivity contribution in [1.82, 2.24) is 0 Å². The number of benzene rings is 2. The molecule has 1 unspecified atom stereocenters. The Balaban J connectivity index is 2.53. The molecule has 0 aliphatic rings. The highest BCUT2D eigenvalue weighted by atomic mass is 79.9. The van der Waals surface area contributed by atoms with Crippen molar-refractivity contribution in [3.05, 3.63) is 70.3 Å². The number of alkyl halides is 1. The first-order chi connectivity index (χ1) is 8.90. The molecule has 0 aliphatic heterocycles. The van der Waals surface area contributed by atoms with Crippen LogP contribution in [0.25, 0.3) is 0 Å². The zero-order valence-electron chi connectivity index (χ0n) is 9.85. The van der Waals surface area contributed by atoms with Crippen molar-refractivity contribution in [2.45, 2.75) is 11.8 Å². The van der Waals surface area contributed by atoms with Gasteiger partial charge in [0.15, 0.2) is 0 Å². The monoisotopic (exact) mass is 332 g/mol. The molecule has 2 rings (SSSR count). The summed E-state index contributed by atoms with van der Waals surface area (Å²) < 4.78 is 53.9. The summed E-state index contributed by atoms with van der Waals surface area (Å²) in [6, 6.07) is 5.47. The second kappa shape index (κ2) is 5.33. The standard InChI is InChI=1S/C14H9BrF4/c1-7-2-3-9(10(17)4-7)14(15)13-11(18)5-8(16)6-12(13)19/h2-6,14H,1H3. The Labute approximate surface area is 116 Å². The third kappa shape index (κ3) is 2.81. The van der Waals surface area contributed by atoms with Crippen molar-refractivity contribution in [3.63, 3.8) is 0 Å². The molecule has 100 valence electrons. The van der Waals surface area contributed by atoms with Crippen LogP contribution >= 0.6 is 15.9 Å². The van der Waals surface area contributed by atoms with Crippen LogP contribution in [-0.2, 0) is 0 Å². The number of hydrogen-bond acceptors (Lipinski definition) is 0. The Hall–Kier alpha value is -1.36. The predicted molar refractivity (Wildman–Crippen MR) is 68.2 cm³/mol. The summed E-state index contributed by atoms with van der Waals surface area (Å²) in [4.78, 5) is -1.02. The molecule has 0 nitrogen and oxygen atoms in total. The number of rotatable bonds is 2. The molecule has 0 radical (unpaired) electrons. The van der Waals surface area contributed by atoms with E-state index in [1.54, 1.807) is 13.0 Å². The summed E-state index contributed by atoms with van der Waals surface area (Å²) in [5, 5.41) is 0. The topological polar surface area (TPSA) is 0 Å². The quantitative estimate of drug-likeness (QED) is 0.534. The fraction of sp³-hybridized carbons (Fsp3) is 0.143. The lowest BCUT2D eigenvalue weighted by Gasteiger charge is -2.14. The molecular formula is C14H9BrF4. The van der Waals surface area contributed by atoms with Crippen LogP contribution in [0.4, 0.5) is 17.6 Å². The van der Waals surface area contributed by atoms with Crippen LogP contribution in [0.15, 0.2) is 30.3 Å². The third-order valence-electron chi connectivity index (χ3n) is 2.73. The third-order valence-corrected chi connectivity index (χ3v) is 3.68. The van der Waals surface area contributed by atoms with E-state index < -0.39 is 33.7 Å². The van der Waals surface area contributed by atoms with Gasteiger partial charge in [-0.1, -0.05) is 28.1 Å². The van der Waals surface area contributed by atoms with Crippen molar-refractivity contribution < 1.29 is 17.6 Å². The first-order valence-corrected chi connectivity index (χ1v) is 6.36. The van der Waals surface area contributed by atoms with Crippen molar-refractivity contribution in [3.8, 4) is 0 Å². The molecule has 5 heteroatoms. The molecule has 1 atom stereocenters. The van der Waals surface area contributed by atoms with Crippen molar-refractivity contribution in [2.75, 3.05) is 0 Å². The molecule has 0 heterocycles. The second-order valence-corrected chi connectivity index (χ2v) is 5.09. The Kier molecular flexibility index (Phi) is 3.94. The van der Waals surface area contributed by atoms with Gasteiger partial charge >= 0.3 is 0 Å². The summed E-state index contributed by atoms with van der Waals surface area (Å²) in [5.41, 5.74) is 0.375. The Morgan fingerprint density at radius 2 is 1.47 bits per heavy atom. The molecule has 0 N–H and O–H groups in total. The predicted octanol–water partition coefficient (Wildman–Crippen LogP) is 5.04. The van der Waals surface area contributed by atoms with E-state index in [0.717, 1.165) is 0 Å². The summed E-state index contributed by atoms with van der Waals surface area (Å²) in [5.74, 6) is -3.70. The first kappa shape index (κ1) is 14.1. The molecule has 0 aromatic heterocycles. The fourth-order valence-electron chi connectivity index (χ4n) is 1.79. The maximum Gasteiger partial charge on any atom is 0.133 e. The van der Waals surface area contributed by atoms with Crippen LogP contribution in [0.3, 0.4) is 0 Å². The molecule has 0 saturated heterocycles. The van der Waals surface area contributed by atoms with Gasteiger partial charge < -0.3 is 0 Å². The zero-order chi connectivity index (χ0) is 14.2. The highest BCUT2D eigenvalue weighted by molar-refractivity contribution is 9.09. The van der Waals surface area contributed by atoms with Gasteiger partial charge in [-0.25, -0.2) is 17.6 Å². The van der Waals surface area contributed by atoms with Crippen LogP contribution in [0.2, 0.25) is 0 Å². The van der Waals surface area contributed by atoms with Gasteiger partial charge in [-0.2, -0.15) is 0 Å². The SMILES string of the molecule is Cc1ccc(C(Br)c2c(F)cc(F)cc2F)c(F)c1. The average Bonchev–Trinajstić information content (AvgIpc) is 2.26. The highest BCUT2D eigenvalue weighted by Gasteiger charge is 2.23. The fourth-order valence-corrected chi connectivity index (χ4v) is 2.60. The lowest BCUT2D eigenvalue weighted by atomic mass is 10.0. The van der Waals surface area contributed by atoms with Crippen molar-refractivity contribution in [1.29, 1.82) is 0 Å². The molecule has 2 aromatic rings. The lowest BCUT2D eigenvalue weighted by Crippen LogP contribution is -2.04. The smallest absolute Gasteiger partial charge is 0.133 e. The first-order valence-electron chi connectivity index (χ1n) is 5.44. The van der Waals surface area contributed by atoms with E-state index in [9.17, 15) is 17.6 Å². The molecule has 19 heavy (non-hydrogen) atoms. The average molecular weight is 333 g/mol. The molecule has 0 amide bonds. The van der Waals surface area contributed by atoms with E-state index in [2.05, 4.69) is 15.9 Å². The molecule has 0 spiro atoms. The van der Waals surface area contributed by atoms with Gasteiger partial charge in [0, 0.05) is 23.3 Å². The van der Waals surface area contributed by atoms with Crippen LogP contribution < -0.4 is 0 Å². The van der Waals surface area contributed by atoms with Crippen LogP contribution in [-0.4, -0.2) is 0 Å². The molecule has 0 aliphatic carbocycles. The Morgan fingerprint density at radius 1 is 0.895 bits per heavy atom.